The monoisotopic (exact) mass is 171 g/mol. The van der Waals surface area contributed by atoms with E-state index in [1.165, 1.54) is 4.74 Å². The van der Waals surface area contributed by atoms with Crippen LogP contribution in [0.25, 0.3) is 0 Å². The lowest BCUT2D eigenvalue weighted by Gasteiger charge is -1.98. The Morgan fingerprint density at radius 3 is 2.83 bits per heavy atom. The first kappa shape index (κ1) is 8.83. The van der Waals surface area contributed by atoms with Gasteiger partial charge < -0.3 is 10.3 Å². The molecule has 0 aromatic carbocycles. The summed E-state index contributed by atoms with van der Waals surface area (Å²) in [5.41, 5.74) is 5.38. The largest absolute Gasteiger partial charge is 0.461 e. The van der Waals surface area contributed by atoms with Crippen LogP contribution >= 0.6 is 0 Å². The van der Waals surface area contributed by atoms with E-state index in [9.17, 15) is 4.79 Å². The van der Waals surface area contributed by atoms with E-state index in [2.05, 4.69) is 16.4 Å². The molecule has 0 atom stereocenters. The number of nitrogens with two attached hydrogens (primary N) is 1. The van der Waals surface area contributed by atoms with E-state index in [0.717, 1.165) is 19.3 Å². The number of nitrogen functional groups attached to an aromatic ring is 1. The highest BCUT2D eigenvalue weighted by Gasteiger charge is 2.02. The van der Waals surface area contributed by atoms with E-state index >= 15 is 0 Å². The third kappa shape index (κ3) is 2.11. The SMILES string of the molecule is CCCCCn1oc(=O)nc1N. The molecule has 0 unspecified atom stereocenters. The Bertz CT molecular complexity index is 289. The third-order valence-electron chi connectivity index (χ3n) is 1.61. The predicted molar refractivity (Wildman–Crippen MR) is 44.7 cm³/mol. The summed E-state index contributed by atoms with van der Waals surface area (Å²) in [6.45, 7) is 2.74. The zero-order valence-corrected chi connectivity index (χ0v) is 7.12. The molecule has 0 fully saturated rings. The summed E-state index contributed by atoms with van der Waals surface area (Å²) in [6, 6.07) is 0. The number of unbranched alkanes of at least 4 members (excludes halogenated alkanes) is 2. The summed E-state index contributed by atoms with van der Waals surface area (Å²) in [7, 11) is 0. The Balaban J connectivity index is 2.51. The highest BCUT2D eigenvalue weighted by molar-refractivity contribution is 5.10. The molecule has 0 saturated carbocycles. The van der Waals surface area contributed by atoms with E-state index < -0.39 is 5.76 Å². The molecule has 1 aromatic rings. The first-order valence-corrected chi connectivity index (χ1v) is 4.07. The minimum atomic E-state index is -0.621. The summed E-state index contributed by atoms with van der Waals surface area (Å²) < 4.78 is 6.02. The summed E-state index contributed by atoms with van der Waals surface area (Å²) in [5.74, 6) is -0.458. The predicted octanol–water partition coefficient (Wildman–Crippen LogP) is 0.609. The van der Waals surface area contributed by atoms with Gasteiger partial charge in [0.2, 0.25) is 5.95 Å². The van der Waals surface area contributed by atoms with Gasteiger partial charge in [-0.2, -0.15) is 4.74 Å². The normalized spacial score (nSPS) is 10.4. The van der Waals surface area contributed by atoms with E-state index in [1.54, 1.807) is 0 Å². The van der Waals surface area contributed by atoms with E-state index in [0.29, 0.717) is 6.54 Å². The molecule has 0 aliphatic rings. The molecule has 1 aromatic heterocycles. The van der Waals surface area contributed by atoms with Crippen molar-refractivity contribution in [1.82, 2.24) is 9.72 Å². The van der Waals surface area contributed by atoms with Crippen LogP contribution in [-0.4, -0.2) is 9.72 Å². The molecule has 1 heterocycles. The molecule has 0 aliphatic heterocycles. The van der Waals surface area contributed by atoms with Gasteiger partial charge in [-0.25, -0.2) is 4.79 Å². The van der Waals surface area contributed by atoms with Gasteiger partial charge in [-0.05, 0) is 6.42 Å². The fraction of sp³-hybridized carbons (Fsp3) is 0.714. The van der Waals surface area contributed by atoms with E-state index in [-0.39, 0.29) is 5.95 Å². The fourth-order valence-electron chi connectivity index (χ4n) is 0.976. The van der Waals surface area contributed by atoms with Crippen LogP contribution in [-0.2, 0) is 6.54 Å². The number of nitrogens with zero attached hydrogens (tertiary/aromatic N) is 2. The molecule has 5 nitrogen and oxygen atoms in total. The van der Waals surface area contributed by atoms with Gasteiger partial charge in [-0.1, -0.05) is 19.8 Å². The average molecular weight is 171 g/mol. The maximum atomic E-state index is 10.6. The quantitative estimate of drug-likeness (QED) is 0.673. The van der Waals surface area contributed by atoms with Crippen LogP contribution in [0.15, 0.2) is 9.32 Å². The molecular formula is C7H13N3O2. The molecule has 2 N–H and O–H groups in total. The molecule has 5 heteroatoms. The van der Waals surface area contributed by atoms with Crippen LogP contribution < -0.4 is 11.5 Å². The van der Waals surface area contributed by atoms with Gasteiger partial charge >= 0.3 is 5.76 Å². The Labute approximate surface area is 70.2 Å². The van der Waals surface area contributed by atoms with Gasteiger partial charge in [0, 0.05) is 0 Å². The van der Waals surface area contributed by atoms with Crippen LogP contribution in [0.2, 0.25) is 0 Å². The molecule has 0 amide bonds. The minimum absolute atomic E-state index is 0.163. The Hall–Kier alpha value is -1.26. The Morgan fingerprint density at radius 1 is 1.58 bits per heavy atom. The summed E-state index contributed by atoms with van der Waals surface area (Å²) in [6.07, 6.45) is 3.18. The van der Waals surface area contributed by atoms with Crippen molar-refractivity contribution in [3.05, 3.63) is 10.6 Å². The topological polar surface area (TPSA) is 74.0 Å². The first-order valence-electron chi connectivity index (χ1n) is 4.07. The van der Waals surface area contributed by atoms with Crippen molar-refractivity contribution in [3.63, 3.8) is 0 Å². The van der Waals surface area contributed by atoms with Gasteiger partial charge in [0.1, 0.15) is 0 Å². The highest BCUT2D eigenvalue weighted by Crippen LogP contribution is 2.00. The lowest BCUT2D eigenvalue weighted by Crippen LogP contribution is -2.02. The third-order valence-corrected chi connectivity index (χ3v) is 1.61. The molecule has 12 heavy (non-hydrogen) atoms. The first-order chi connectivity index (χ1) is 5.74. The van der Waals surface area contributed by atoms with Gasteiger partial charge in [-0.15, -0.1) is 4.98 Å². The van der Waals surface area contributed by atoms with E-state index in [1.807, 2.05) is 0 Å². The number of hydrogen-bond donors (Lipinski definition) is 1. The summed E-state index contributed by atoms with van der Waals surface area (Å²) in [4.78, 5) is 14.0. The van der Waals surface area contributed by atoms with E-state index in [4.69, 9.17) is 5.73 Å². The fourth-order valence-corrected chi connectivity index (χ4v) is 0.976. The number of aromatic nitrogens is 2. The lowest BCUT2D eigenvalue weighted by molar-refractivity contribution is 0.248. The zero-order valence-electron chi connectivity index (χ0n) is 7.12. The highest BCUT2D eigenvalue weighted by atomic mass is 16.5. The molecular weight excluding hydrogens is 158 g/mol. The number of anilines is 1. The smallest absolute Gasteiger partial charge is 0.367 e. The number of hydrogen-bond acceptors (Lipinski definition) is 4. The Kier molecular flexibility index (Phi) is 2.90. The number of rotatable bonds is 4. The van der Waals surface area contributed by atoms with Crippen LogP contribution in [0.3, 0.4) is 0 Å². The van der Waals surface area contributed by atoms with Gasteiger partial charge in [0.25, 0.3) is 0 Å². The van der Waals surface area contributed by atoms with Crippen LogP contribution in [0.1, 0.15) is 26.2 Å². The maximum absolute atomic E-state index is 10.6. The van der Waals surface area contributed by atoms with Crippen molar-refractivity contribution in [1.29, 1.82) is 0 Å². The maximum Gasteiger partial charge on any atom is 0.461 e. The minimum Gasteiger partial charge on any atom is -0.367 e. The van der Waals surface area contributed by atoms with Crippen LogP contribution in [0, 0.1) is 0 Å². The molecule has 0 saturated heterocycles. The lowest BCUT2D eigenvalue weighted by atomic mass is 10.2. The van der Waals surface area contributed by atoms with Crippen molar-refractivity contribution in [3.8, 4) is 0 Å². The second-order valence-electron chi connectivity index (χ2n) is 2.64. The average Bonchev–Trinajstić information content (AvgIpc) is 2.31. The number of aryl methyl sites for hydroxylation is 1. The van der Waals surface area contributed by atoms with Crippen molar-refractivity contribution in [2.24, 2.45) is 0 Å². The molecule has 0 aliphatic carbocycles. The molecule has 0 spiro atoms. The van der Waals surface area contributed by atoms with Gasteiger partial charge in [0.15, 0.2) is 0 Å². The zero-order chi connectivity index (χ0) is 8.97. The van der Waals surface area contributed by atoms with Crippen molar-refractivity contribution >= 4 is 5.95 Å². The second kappa shape index (κ2) is 3.94. The second-order valence-corrected chi connectivity index (χ2v) is 2.64. The molecule has 0 bridgehead atoms. The molecule has 1 rings (SSSR count). The molecule has 0 radical (unpaired) electrons. The molecule has 68 valence electrons. The van der Waals surface area contributed by atoms with Gasteiger partial charge in [0.05, 0.1) is 6.54 Å². The van der Waals surface area contributed by atoms with Crippen molar-refractivity contribution in [2.45, 2.75) is 32.7 Å². The van der Waals surface area contributed by atoms with Crippen LogP contribution in [0.5, 0.6) is 0 Å². The van der Waals surface area contributed by atoms with Crippen LogP contribution in [0.4, 0.5) is 5.95 Å². The summed E-state index contributed by atoms with van der Waals surface area (Å²) >= 11 is 0. The standard InChI is InChI=1S/C7H13N3O2/c1-2-3-4-5-10-6(8)9-7(11)12-10/h2-5H2,1H3,(H2,8,9,11). The van der Waals surface area contributed by atoms with Crippen molar-refractivity contribution < 1.29 is 4.52 Å². The summed E-state index contributed by atoms with van der Waals surface area (Å²) in [5, 5.41) is 0. The van der Waals surface area contributed by atoms with Gasteiger partial charge in [-0.3, -0.25) is 0 Å². The Morgan fingerprint density at radius 2 is 2.33 bits per heavy atom. The van der Waals surface area contributed by atoms with Crippen molar-refractivity contribution in [2.75, 3.05) is 5.73 Å².